The van der Waals surface area contributed by atoms with Crippen LogP contribution in [0.15, 0.2) is 36.7 Å². The minimum absolute atomic E-state index is 0.0562. The topological polar surface area (TPSA) is 90.2 Å². The molecule has 0 aliphatic rings. The number of benzene rings is 2. The Kier molecular flexibility index (Phi) is 5.88. The molecule has 1 N–H and O–H groups in total. The van der Waals surface area contributed by atoms with Gasteiger partial charge in [-0.2, -0.15) is 0 Å². The molecule has 3 rings (SSSR count). The van der Waals surface area contributed by atoms with Crippen molar-refractivity contribution < 1.29 is 14.1 Å². The summed E-state index contributed by atoms with van der Waals surface area (Å²) in [6.45, 7) is 0.250. The zero-order chi connectivity index (χ0) is 19.4. The number of ether oxygens (including phenoxy) is 1. The number of nitrogens with one attached hydrogen (secondary N) is 1. The summed E-state index contributed by atoms with van der Waals surface area (Å²) >= 11 is 11.4. The van der Waals surface area contributed by atoms with Crippen LogP contribution in [-0.2, 0) is 0 Å². The molecule has 0 aliphatic carbocycles. The standard InChI is InChI=1S/C17H13Cl2FN4O3/c18-4-1-5-27-16-8-14-11(7-15(16)24(25)26)17(22-9-21-14)23-10-2-3-13(20)12(19)6-10/h2-3,6-9H,1,4-5H2,(H,21,22,23). The van der Waals surface area contributed by atoms with Crippen LogP contribution >= 0.6 is 23.2 Å². The molecular formula is C17H13Cl2FN4O3. The average molecular weight is 411 g/mol. The van der Waals surface area contributed by atoms with Crippen molar-refractivity contribution in [3.8, 4) is 5.75 Å². The number of nitro benzene ring substituents is 1. The van der Waals surface area contributed by atoms with Crippen molar-refractivity contribution in [1.29, 1.82) is 0 Å². The molecule has 0 saturated carbocycles. The third kappa shape index (κ3) is 4.35. The number of anilines is 2. The fourth-order valence-electron chi connectivity index (χ4n) is 2.38. The highest BCUT2D eigenvalue weighted by Gasteiger charge is 2.19. The predicted octanol–water partition coefficient (Wildman–Crippen LogP) is 5.08. The Morgan fingerprint density at radius 3 is 2.78 bits per heavy atom. The first-order chi connectivity index (χ1) is 13.0. The molecular weight excluding hydrogens is 398 g/mol. The van der Waals surface area contributed by atoms with E-state index >= 15 is 0 Å². The van der Waals surface area contributed by atoms with Crippen molar-refractivity contribution in [2.75, 3.05) is 17.8 Å². The Bertz CT molecular complexity index is 1000. The van der Waals surface area contributed by atoms with Crippen LogP contribution in [0.5, 0.6) is 5.75 Å². The lowest BCUT2D eigenvalue weighted by molar-refractivity contribution is -0.385. The lowest BCUT2D eigenvalue weighted by atomic mass is 10.2. The summed E-state index contributed by atoms with van der Waals surface area (Å²) < 4.78 is 18.8. The van der Waals surface area contributed by atoms with E-state index in [0.717, 1.165) is 0 Å². The van der Waals surface area contributed by atoms with Gasteiger partial charge in [-0.3, -0.25) is 10.1 Å². The van der Waals surface area contributed by atoms with Crippen LogP contribution in [-0.4, -0.2) is 27.4 Å². The molecule has 3 aromatic rings. The summed E-state index contributed by atoms with van der Waals surface area (Å²) in [5, 5.41) is 14.8. The highest BCUT2D eigenvalue weighted by molar-refractivity contribution is 6.31. The average Bonchev–Trinajstić information content (AvgIpc) is 2.64. The van der Waals surface area contributed by atoms with Gasteiger partial charge >= 0.3 is 5.69 Å². The third-order valence-electron chi connectivity index (χ3n) is 3.63. The molecule has 0 fully saturated rings. The monoisotopic (exact) mass is 410 g/mol. The molecule has 0 atom stereocenters. The van der Waals surface area contributed by atoms with Gasteiger partial charge in [0.05, 0.1) is 27.5 Å². The van der Waals surface area contributed by atoms with E-state index in [9.17, 15) is 14.5 Å². The summed E-state index contributed by atoms with van der Waals surface area (Å²) in [7, 11) is 0. The number of alkyl halides is 1. The number of nitro groups is 1. The second-order valence-corrected chi connectivity index (χ2v) is 6.25. The Balaban J connectivity index is 2.02. The van der Waals surface area contributed by atoms with Crippen LogP contribution in [0.3, 0.4) is 0 Å². The molecule has 2 aromatic carbocycles. The number of rotatable bonds is 7. The molecule has 0 radical (unpaired) electrons. The number of hydrogen-bond acceptors (Lipinski definition) is 6. The second kappa shape index (κ2) is 8.32. The molecule has 10 heteroatoms. The highest BCUT2D eigenvalue weighted by atomic mass is 35.5. The lowest BCUT2D eigenvalue weighted by Crippen LogP contribution is -2.03. The molecule has 0 saturated heterocycles. The first-order valence-corrected chi connectivity index (χ1v) is 8.75. The third-order valence-corrected chi connectivity index (χ3v) is 4.19. The van der Waals surface area contributed by atoms with Gasteiger partial charge in [0.1, 0.15) is 18.0 Å². The van der Waals surface area contributed by atoms with E-state index in [1.807, 2.05) is 0 Å². The predicted molar refractivity (Wildman–Crippen MR) is 102 cm³/mol. The molecule has 0 bridgehead atoms. The van der Waals surface area contributed by atoms with Gasteiger partial charge in [-0.15, -0.1) is 11.6 Å². The molecule has 27 heavy (non-hydrogen) atoms. The second-order valence-electron chi connectivity index (χ2n) is 5.46. The van der Waals surface area contributed by atoms with E-state index in [1.165, 1.54) is 36.7 Å². The van der Waals surface area contributed by atoms with Gasteiger partial charge in [0.2, 0.25) is 0 Å². The normalized spacial score (nSPS) is 10.8. The SMILES string of the molecule is O=[N+]([O-])c1cc2c(Nc3ccc(F)c(Cl)c3)ncnc2cc1OCCCCl. The van der Waals surface area contributed by atoms with Crippen LogP contribution in [0.1, 0.15) is 6.42 Å². The van der Waals surface area contributed by atoms with Gasteiger partial charge in [0, 0.05) is 23.7 Å². The minimum atomic E-state index is -0.552. The number of fused-ring (bicyclic) bond motifs is 1. The molecule has 1 heterocycles. The smallest absolute Gasteiger partial charge is 0.311 e. The van der Waals surface area contributed by atoms with Gasteiger partial charge in [-0.25, -0.2) is 14.4 Å². The lowest BCUT2D eigenvalue weighted by Gasteiger charge is -2.11. The quantitative estimate of drug-likeness (QED) is 0.252. The van der Waals surface area contributed by atoms with Gasteiger partial charge in [-0.1, -0.05) is 11.6 Å². The van der Waals surface area contributed by atoms with Crippen molar-refractivity contribution in [3.05, 3.63) is 57.6 Å². The minimum Gasteiger partial charge on any atom is -0.487 e. The summed E-state index contributed by atoms with van der Waals surface area (Å²) in [4.78, 5) is 19.1. The maximum Gasteiger partial charge on any atom is 0.311 e. The van der Waals surface area contributed by atoms with Crippen molar-refractivity contribution in [2.24, 2.45) is 0 Å². The van der Waals surface area contributed by atoms with Gasteiger partial charge in [-0.05, 0) is 24.6 Å². The zero-order valence-corrected chi connectivity index (χ0v) is 15.3. The van der Waals surface area contributed by atoms with Crippen LogP contribution in [0.2, 0.25) is 5.02 Å². The number of hydrogen-bond donors (Lipinski definition) is 1. The molecule has 1 aromatic heterocycles. The number of aromatic nitrogens is 2. The molecule has 0 unspecified atom stereocenters. The van der Waals surface area contributed by atoms with E-state index < -0.39 is 10.7 Å². The van der Waals surface area contributed by atoms with Crippen LogP contribution in [0, 0.1) is 15.9 Å². The molecule has 7 nitrogen and oxygen atoms in total. The fourth-order valence-corrected chi connectivity index (χ4v) is 2.67. The van der Waals surface area contributed by atoms with Crippen molar-refractivity contribution >= 4 is 51.3 Å². The first-order valence-electron chi connectivity index (χ1n) is 7.83. The van der Waals surface area contributed by atoms with E-state index in [4.69, 9.17) is 27.9 Å². The van der Waals surface area contributed by atoms with E-state index in [-0.39, 0.29) is 23.1 Å². The summed E-state index contributed by atoms with van der Waals surface area (Å²) in [5.41, 5.74) is 0.714. The van der Waals surface area contributed by atoms with Gasteiger partial charge < -0.3 is 10.1 Å². The van der Waals surface area contributed by atoms with Crippen LogP contribution in [0.4, 0.5) is 21.6 Å². The van der Waals surface area contributed by atoms with Gasteiger partial charge in [0.15, 0.2) is 5.75 Å². The zero-order valence-electron chi connectivity index (χ0n) is 13.8. The fraction of sp³-hybridized carbons (Fsp3) is 0.176. The first kappa shape index (κ1) is 19.1. The summed E-state index contributed by atoms with van der Waals surface area (Å²) in [5.74, 6) is 0.256. The molecule has 0 aliphatic heterocycles. The Hall–Kier alpha value is -2.71. The van der Waals surface area contributed by atoms with Crippen molar-refractivity contribution in [2.45, 2.75) is 6.42 Å². The highest BCUT2D eigenvalue weighted by Crippen LogP contribution is 2.35. The van der Waals surface area contributed by atoms with E-state index in [0.29, 0.717) is 34.7 Å². The molecule has 140 valence electrons. The number of nitrogens with zero attached hydrogens (tertiary/aromatic N) is 3. The van der Waals surface area contributed by atoms with Crippen molar-refractivity contribution in [3.63, 3.8) is 0 Å². The largest absolute Gasteiger partial charge is 0.487 e. The summed E-state index contributed by atoms with van der Waals surface area (Å²) in [6.07, 6.45) is 1.86. The molecule has 0 spiro atoms. The van der Waals surface area contributed by atoms with Crippen LogP contribution in [0.25, 0.3) is 10.9 Å². The Morgan fingerprint density at radius 1 is 1.26 bits per heavy atom. The van der Waals surface area contributed by atoms with E-state index in [2.05, 4.69) is 15.3 Å². The Morgan fingerprint density at radius 2 is 2.07 bits per heavy atom. The Labute approximate surface area is 163 Å². The number of halogens is 3. The van der Waals surface area contributed by atoms with E-state index in [1.54, 1.807) is 0 Å². The van der Waals surface area contributed by atoms with Crippen LogP contribution < -0.4 is 10.1 Å². The maximum absolute atomic E-state index is 13.3. The molecule has 0 amide bonds. The maximum atomic E-state index is 13.3. The van der Waals surface area contributed by atoms with Crippen molar-refractivity contribution in [1.82, 2.24) is 9.97 Å². The summed E-state index contributed by atoms with van der Waals surface area (Å²) in [6, 6.07) is 6.89. The van der Waals surface area contributed by atoms with Gasteiger partial charge in [0.25, 0.3) is 0 Å².